The zero-order valence-corrected chi connectivity index (χ0v) is 22.3. The van der Waals surface area contributed by atoms with Crippen LogP contribution in [0.4, 0.5) is 28.6 Å². The van der Waals surface area contributed by atoms with E-state index in [9.17, 15) is 9.59 Å². The van der Waals surface area contributed by atoms with Gasteiger partial charge in [0.2, 0.25) is 0 Å². The maximum atomic E-state index is 13.3. The lowest BCUT2D eigenvalue weighted by Gasteiger charge is -2.31. The highest BCUT2D eigenvalue weighted by Crippen LogP contribution is 2.40. The first-order valence-corrected chi connectivity index (χ1v) is 13.2. The van der Waals surface area contributed by atoms with Gasteiger partial charge in [-0.15, -0.1) is 0 Å². The summed E-state index contributed by atoms with van der Waals surface area (Å²) in [6.07, 6.45) is 3.70. The van der Waals surface area contributed by atoms with Gasteiger partial charge in [-0.1, -0.05) is 12.1 Å². The number of pyridine rings is 1. The highest BCUT2D eigenvalue weighted by molar-refractivity contribution is 6.13. The van der Waals surface area contributed by atoms with Gasteiger partial charge in [0.1, 0.15) is 17.3 Å². The minimum atomic E-state index is -0.0843. The van der Waals surface area contributed by atoms with E-state index in [1.54, 1.807) is 24.2 Å². The van der Waals surface area contributed by atoms with Crippen molar-refractivity contribution < 1.29 is 14.3 Å². The molecule has 1 saturated heterocycles. The normalized spacial score (nSPS) is 17.7. The van der Waals surface area contributed by atoms with Crippen molar-refractivity contribution >= 4 is 46.3 Å². The van der Waals surface area contributed by atoms with E-state index in [1.165, 1.54) is 0 Å². The van der Waals surface area contributed by atoms with Gasteiger partial charge < -0.3 is 24.8 Å². The number of hydrogen-bond donors (Lipinski definition) is 1. The SMILES string of the molecule is CCOc1cc(C(=O)N2CCC[C@H](C3=C=N3)C2)ccc1Nc1cc2c(cn1)N(C)C(=O)c1ccccc1N2C. The molecule has 0 bridgehead atoms. The van der Waals surface area contributed by atoms with Crippen molar-refractivity contribution in [2.24, 2.45) is 10.9 Å². The second kappa shape index (κ2) is 9.93. The van der Waals surface area contributed by atoms with Crippen LogP contribution in [0.2, 0.25) is 0 Å². The Morgan fingerprint density at radius 1 is 1.10 bits per heavy atom. The van der Waals surface area contributed by atoms with E-state index < -0.39 is 0 Å². The third-order valence-corrected chi connectivity index (χ3v) is 7.51. The summed E-state index contributed by atoms with van der Waals surface area (Å²) in [6.45, 7) is 3.77. The van der Waals surface area contributed by atoms with Crippen LogP contribution in [-0.4, -0.2) is 61.4 Å². The van der Waals surface area contributed by atoms with Crippen molar-refractivity contribution in [2.45, 2.75) is 19.8 Å². The van der Waals surface area contributed by atoms with Gasteiger partial charge in [0, 0.05) is 50.6 Å². The third kappa shape index (κ3) is 4.62. The van der Waals surface area contributed by atoms with Gasteiger partial charge in [-0.25, -0.2) is 4.98 Å². The Kier molecular flexibility index (Phi) is 6.29. The molecule has 2 amide bonds. The highest BCUT2D eigenvalue weighted by atomic mass is 16.5. The minimum Gasteiger partial charge on any atom is -0.492 e. The lowest BCUT2D eigenvalue weighted by molar-refractivity contribution is 0.0692. The number of piperidine rings is 1. The van der Waals surface area contributed by atoms with E-state index in [2.05, 4.69) is 21.2 Å². The van der Waals surface area contributed by atoms with Crippen LogP contribution in [0.15, 0.2) is 65.4 Å². The van der Waals surface area contributed by atoms with Crippen LogP contribution in [0, 0.1) is 5.92 Å². The van der Waals surface area contributed by atoms with Crippen molar-refractivity contribution in [1.82, 2.24) is 9.88 Å². The molecule has 4 heterocycles. The molecule has 1 aromatic heterocycles. The Balaban J connectivity index is 1.27. The number of nitrogens with one attached hydrogen (secondary N) is 1. The standard InChI is InChI=1S/C30H30N6O3/c1-4-39-27-14-19(29(37)36-13-7-8-20(18-36)23-16-31-23)11-12-22(27)33-28-15-25-26(17-32-28)35(3)30(38)21-9-5-6-10-24(21)34(25)2/h5-6,9-12,14-15,17,20H,4,7-8,13,18H2,1-3H3,(H,32,33)/t20-/m0/s1. The first-order chi connectivity index (χ1) is 18.9. The van der Waals surface area contributed by atoms with E-state index >= 15 is 0 Å². The number of fused-ring (bicyclic) bond motifs is 2. The number of carbonyl (C=O) groups excluding carboxylic acids is 2. The van der Waals surface area contributed by atoms with Crippen molar-refractivity contribution in [3.8, 4) is 5.75 Å². The van der Waals surface area contributed by atoms with Gasteiger partial charge in [0.25, 0.3) is 11.8 Å². The van der Waals surface area contributed by atoms with Crippen LogP contribution in [0.1, 0.15) is 40.5 Å². The molecule has 1 N–H and O–H groups in total. The van der Waals surface area contributed by atoms with Gasteiger partial charge in [-0.05, 0) is 50.1 Å². The lowest BCUT2D eigenvalue weighted by atomic mass is 9.96. The molecule has 1 atom stereocenters. The van der Waals surface area contributed by atoms with Crippen molar-refractivity contribution in [2.75, 3.05) is 48.9 Å². The quantitative estimate of drug-likeness (QED) is 0.490. The largest absolute Gasteiger partial charge is 0.492 e. The Morgan fingerprint density at radius 2 is 1.92 bits per heavy atom. The molecule has 9 heteroatoms. The molecule has 9 nitrogen and oxygen atoms in total. The molecule has 3 aliphatic rings. The fraction of sp³-hybridized carbons (Fsp3) is 0.300. The number of anilines is 5. The number of likely N-dealkylation sites (tertiary alicyclic amines) is 1. The summed E-state index contributed by atoms with van der Waals surface area (Å²) in [7, 11) is 3.70. The fourth-order valence-electron chi connectivity index (χ4n) is 5.35. The number of nitrogens with zero attached hydrogens (tertiary/aromatic N) is 5. The molecule has 1 fully saturated rings. The number of hydrogen-bond acceptors (Lipinski definition) is 7. The predicted molar refractivity (Wildman–Crippen MR) is 152 cm³/mol. The van der Waals surface area contributed by atoms with E-state index in [0.29, 0.717) is 47.2 Å². The molecule has 0 spiro atoms. The molecule has 0 aliphatic carbocycles. The van der Waals surface area contributed by atoms with Crippen molar-refractivity contribution in [3.05, 3.63) is 71.6 Å². The highest BCUT2D eigenvalue weighted by Gasteiger charge is 2.30. The minimum absolute atomic E-state index is 0.00963. The second-order valence-corrected chi connectivity index (χ2v) is 9.97. The first kappa shape index (κ1) is 24.7. The summed E-state index contributed by atoms with van der Waals surface area (Å²) in [5, 5.41) is 3.36. The smallest absolute Gasteiger partial charge is 0.260 e. The Labute approximate surface area is 227 Å². The van der Waals surface area contributed by atoms with Crippen LogP contribution >= 0.6 is 0 Å². The number of carbonyl (C=O) groups is 2. The Bertz CT molecular complexity index is 1540. The number of para-hydroxylation sites is 1. The zero-order valence-electron chi connectivity index (χ0n) is 22.3. The summed E-state index contributed by atoms with van der Waals surface area (Å²) in [4.78, 5) is 40.7. The molecule has 39 heavy (non-hydrogen) atoms. The number of aliphatic imine (C=N–C) groups is 1. The monoisotopic (exact) mass is 522 g/mol. The lowest BCUT2D eigenvalue weighted by Crippen LogP contribution is -2.39. The van der Waals surface area contributed by atoms with Crippen molar-refractivity contribution in [1.29, 1.82) is 0 Å². The molecule has 2 aromatic carbocycles. The summed E-state index contributed by atoms with van der Waals surface area (Å²) < 4.78 is 5.93. The van der Waals surface area contributed by atoms with E-state index in [4.69, 9.17) is 4.74 Å². The Hall–Kier alpha value is -4.62. The molecular formula is C30H30N6O3. The van der Waals surface area contributed by atoms with Crippen LogP contribution in [0.5, 0.6) is 5.75 Å². The average molecular weight is 523 g/mol. The number of ether oxygens (including phenoxy) is 1. The summed E-state index contributed by atoms with van der Waals surface area (Å²) >= 11 is 0. The maximum absolute atomic E-state index is 13.3. The van der Waals surface area contributed by atoms with Crippen LogP contribution in [0.25, 0.3) is 0 Å². The number of aromatic nitrogens is 1. The number of amides is 2. The van der Waals surface area contributed by atoms with Gasteiger partial charge in [0.05, 0.1) is 41.1 Å². The summed E-state index contributed by atoms with van der Waals surface area (Å²) in [6, 6.07) is 14.9. The van der Waals surface area contributed by atoms with Crippen molar-refractivity contribution in [3.63, 3.8) is 0 Å². The molecule has 0 radical (unpaired) electrons. The van der Waals surface area contributed by atoms with Crippen LogP contribution in [-0.2, 0) is 0 Å². The van der Waals surface area contributed by atoms with Crippen LogP contribution in [0.3, 0.4) is 0 Å². The maximum Gasteiger partial charge on any atom is 0.260 e. The molecule has 0 saturated carbocycles. The second-order valence-electron chi connectivity index (χ2n) is 9.97. The zero-order chi connectivity index (χ0) is 27.1. The predicted octanol–water partition coefficient (Wildman–Crippen LogP) is 5.00. The number of benzene rings is 2. The van der Waals surface area contributed by atoms with E-state index in [0.717, 1.165) is 36.5 Å². The van der Waals surface area contributed by atoms with Gasteiger partial charge in [-0.3, -0.25) is 9.59 Å². The van der Waals surface area contributed by atoms with Crippen LogP contribution < -0.4 is 19.9 Å². The molecule has 3 aromatic rings. The van der Waals surface area contributed by atoms with E-state index in [-0.39, 0.29) is 17.7 Å². The summed E-state index contributed by atoms with van der Waals surface area (Å²) in [5.74, 6) is 4.31. The first-order valence-electron chi connectivity index (χ1n) is 13.2. The molecule has 198 valence electrons. The van der Waals surface area contributed by atoms with Gasteiger partial charge in [-0.2, -0.15) is 4.99 Å². The topological polar surface area (TPSA) is 90.4 Å². The molecular weight excluding hydrogens is 492 g/mol. The van der Waals surface area contributed by atoms with Gasteiger partial charge >= 0.3 is 0 Å². The number of rotatable bonds is 6. The average Bonchev–Trinajstić information content (AvgIpc) is 3.83. The molecule has 3 aliphatic heterocycles. The Morgan fingerprint density at radius 3 is 2.72 bits per heavy atom. The van der Waals surface area contributed by atoms with E-state index in [1.807, 2.05) is 66.2 Å². The fourth-order valence-corrected chi connectivity index (χ4v) is 5.35. The summed E-state index contributed by atoms with van der Waals surface area (Å²) in [5.41, 5.74) is 5.30. The molecule has 6 rings (SSSR count). The third-order valence-electron chi connectivity index (χ3n) is 7.51. The molecule has 0 unspecified atom stereocenters. The van der Waals surface area contributed by atoms with Gasteiger partial charge in [0.15, 0.2) is 0 Å².